The Morgan fingerprint density at radius 1 is 1.15 bits per heavy atom. The van der Waals surface area contributed by atoms with Crippen LogP contribution in [0.2, 0.25) is 5.02 Å². The van der Waals surface area contributed by atoms with Gasteiger partial charge in [0.1, 0.15) is 16.6 Å². The van der Waals surface area contributed by atoms with Gasteiger partial charge in [-0.2, -0.15) is 0 Å². The van der Waals surface area contributed by atoms with E-state index in [0.717, 1.165) is 21.7 Å². The quantitative estimate of drug-likeness (QED) is 0.610. The van der Waals surface area contributed by atoms with Gasteiger partial charge in [0, 0.05) is 22.0 Å². The van der Waals surface area contributed by atoms with Crippen LogP contribution in [-0.4, -0.2) is 27.4 Å². The first kappa shape index (κ1) is 17.8. The first-order valence-electron chi connectivity index (χ1n) is 8.56. The summed E-state index contributed by atoms with van der Waals surface area (Å²) in [6, 6.07) is 17.5. The van der Waals surface area contributed by atoms with Crippen LogP contribution in [0, 0.1) is 12.3 Å². The van der Waals surface area contributed by atoms with Crippen molar-refractivity contribution in [2.24, 2.45) is 0 Å². The molecule has 0 amide bonds. The third kappa shape index (κ3) is 3.48. The average Bonchev–Trinajstić information content (AvgIpc) is 3.17. The summed E-state index contributed by atoms with van der Waals surface area (Å²) in [6.07, 6.45) is 0. The lowest BCUT2D eigenvalue weighted by molar-refractivity contribution is 0.347. The second-order valence-corrected chi connectivity index (χ2v) is 8.08. The second-order valence-electron chi connectivity index (χ2n) is 6.44. The molecule has 1 aliphatic heterocycles. The molecule has 0 saturated carbocycles. The fourth-order valence-electron chi connectivity index (χ4n) is 3.17. The van der Waals surface area contributed by atoms with Crippen LogP contribution in [0.1, 0.15) is 15.4 Å². The standard InChI is InChI=1S/C21H18ClN3OS/c1-13-19(15-5-3-2-4-6-15)24-21(27-13)18-17(26)12-25(20(18)23)11-14-7-9-16(22)10-8-14/h2-10,23,26H,11-12H2,1H3. The average molecular weight is 396 g/mol. The number of aromatic nitrogens is 1. The van der Waals surface area contributed by atoms with Gasteiger partial charge < -0.3 is 10.0 Å². The minimum atomic E-state index is 0.197. The molecule has 2 aromatic carbocycles. The zero-order valence-corrected chi connectivity index (χ0v) is 16.3. The fraction of sp³-hybridized carbons (Fsp3) is 0.143. The van der Waals surface area contributed by atoms with Gasteiger partial charge >= 0.3 is 0 Å². The summed E-state index contributed by atoms with van der Waals surface area (Å²) in [6.45, 7) is 2.88. The summed E-state index contributed by atoms with van der Waals surface area (Å²) in [5.41, 5.74) is 3.51. The molecule has 0 bridgehead atoms. The molecule has 2 heterocycles. The van der Waals surface area contributed by atoms with E-state index < -0.39 is 0 Å². The molecule has 4 rings (SSSR count). The molecule has 3 aromatic rings. The van der Waals surface area contributed by atoms with Crippen molar-refractivity contribution in [2.45, 2.75) is 13.5 Å². The molecule has 0 spiro atoms. The Morgan fingerprint density at radius 3 is 2.56 bits per heavy atom. The SMILES string of the molecule is Cc1sc(C2=C(O)CN(Cc3ccc(Cl)cc3)C2=N)nc1-c1ccccc1. The van der Waals surface area contributed by atoms with E-state index in [4.69, 9.17) is 22.0 Å². The molecule has 4 nitrogen and oxygen atoms in total. The van der Waals surface area contributed by atoms with Gasteiger partial charge in [0.2, 0.25) is 0 Å². The summed E-state index contributed by atoms with van der Waals surface area (Å²) < 4.78 is 0. The topological polar surface area (TPSA) is 60.2 Å². The summed E-state index contributed by atoms with van der Waals surface area (Å²) in [5.74, 6) is 0.498. The van der Waals surface area contributed by atoms with E-state index in [1.54, 1.807) is 0 Å². The van der Waals surface area contributed by atoms with Crippen molar-refractivity contribution in [3.05, 3.63) is 80.8 Å². The van der Waals surface area contributed by atoms with E-state index in [-0.39, 0.29) is 5.76 Å². The fourth-order valence-corrected chi connectivity index (χ4v) is 4.30. The molecule has 6 heteroatoms. The number of aliphatic hydroxyl groups is 1. The van der Waals surface area contributed by atoms with Crippen LogP contribution in [0.5, 0.6) is 0 Å². The number of rotatable bonds is 4. The van der Waals surface area contributed by atoms with Gasteiger partial charge in [0.15, 0.2) is 0 Å². The molecule has 0 radical (unpaired) electrons. The van der Waals surface area contributed by atoms with Crippen LogP contribution in [0.4, 0.5) is 0 Å². The number of halogens is 1. The number of hydrogen-bond donors (Lipinski definition) is 2. The molecule has 0 unspecified atom stereocenters. The molecule has 0 atom stereocenters. The Bertz CT molecular complexity index is 1030. The first-order chi connectivity index (χ1) is 13.0. The Labute approximate surface area is 166 Å². The van der Waals surface area contributed by atoms with Crippen molar-refractivity contribution in [3.63, 3.8) is 0 Å². The molecule has 2 N–H and O–H groups in total. The van der Waals surface area contributed by atoms with E-state index in [1.807, 2.05) is 66.4 Å². The van der Waals surface area contributed by atoms with E-state index in [1.165, 1.54) is 11.3 Å². The van der Waals surface area contributed by atoms with E-state index in [2.05, 4.69) is 0 Å². The van der Waals surface area contributed by atoms with Crippen molar-refractivity contribution in [1.29, 1.82) is 5.41 Å². The number of benzene rings is 2. The molecule has 0 fully saturated rings. The normalized spacial score (nSPS) is 14.3. The van der Waals surface area contributed by atoms with Gasteiger partial charge in [0.25, 0.3) is 0 Å². The van der Waals surface area contributed by atoms with Crippen molar-refractivity contribution in [2.75, 3.05) is 6.54 Å². The van der Waals surface area contributed by atoms with Crippen LogP contribution in [0.15, 0.2) is 60.4 Å². The first-order valence-corrected chi connectivity index (χ1v) is 9.76. The number of nitrogens with zero attached hydrogens (tertiary/aromatic N) is 2. The van der Waals surface area contributed by atoms with Crippen LogP contribution in [0.25, 0.3) is 16.8 Å². The highest BCUT2D eigenvalue weighted by molar-refractivity contribution is 7.13. The van der Waals surface area contributed by atoms with Crippen molar-refractivity contribution in [3.8, 4) is 11.3 Å². The van der Waals surface area contributed by atoms with Crippen molar-refractivity contribution >= 4 is 34.3 Å². The largest absolute Gasteiger partial charge is 0.510 e. The minimum absolute atomic E-state index is 0.197. The summed E-state index contributed by atoms with van der Waals surface area (Å²) >= 11 is 7.45. The molecule has 1 aliphatic rings. The van der Waals surface area contributed by atoms with Crippen LogP contribution >= 0.6 is 22.9 Å². The van der Waals surface area contributed by atoms with Crippen molar-refractivity contribution in [1.82, 2.24) is 9.88 Å². The Hall–Kier alpha value is -2.63. The Balaban J connectivity index is 1.60. The Kier molecular flexibility index (Phi) is 4.72. The molecule has 27 heavy (non-hydrogen) atoms. The molecule has 1 aromatic heterocycles. The predicted molar refractivity (Wildman–Crippen MR) is 111 cm³/mol. The summed E-state index contributed by atoms with van der Waals surface area (Å²) in [4.78, 5) is 7.64. The lowest BCUT2D eigenvalue weighted by Crippen LogP contribution is -2.25. The van der Waals surface area contributed by atoms with Gasteiger partial charge in [-0.15, -0.1) is 11.3 Å². The summed E-state index contributed by atoms with van der Waals surface area (Å²) in [7, 11) is 0. The van der Waals surface area contributed by atoms with Crippen molar-refractivity contribution < 1.29 is 5.11 Å². The zero-order valence-electron chi connectivity index (χ0n) is 14.7. The molecule has 136 valence electrons. The highest BCUT2D eigenvalue weighted by atomic mass is 35.5. The number of amidine groups is 1. The number of hydrogen-bond acceptors (Lipinski definition) is 4. The maximum atomic E-state index is 10.5. The monoisotopic (exact) mass is 395 g/mol. The second kappa shape index (κ2) is 7.18. The third-order valence-electron chi connectivity index (χ3n) is 4.53. The smallest absolute Gasteiger partial charge is 0.135 e. The highest BCUT2D eigenvalue weighted by Crippen LogP contribution is 2.35. The maximum absolute atomic E-state index is 10.5. The van der Waals surface area contributed by atoms with Crippen LogP contribution < -0.4 is 0 Å². The number of aryl methyl sites for hydroxylation is 1. The maximum Gasteiger partial charge on any atom is 0.135 e. The van der Waals surface area contributed by atoms with Gasteiger partial charge in [-0.05, 0) is 24.6 Å². The van der Waals surface area contributed by atoms with Gasteiger partial charge in [-0.1, -0.05) is 54.1 Å². The number of aliphatic hydroxyl groups excluding tert-OH is 1. The summed E-state index contributed by atoms with van der Waals surface area (Å²) in [5, 5.41) is 20.4. The van der Waals surface area contributed by atoms with Gasteiger partial charge in [0.05, 0.1) is 17.8 Å². The third-order valence-corrected chi connectivity index (χ3v) is 5.77. The van der Waals surface area contributed by atoms with E-state index >= 15 is 0 Å². The van der Waals surface area contributed by atoms with Gasteiger partial charge in [-0.3, -0.25) is 5.41 Å². The Morgan fingerprint density at radius 2 is 1.85 bits per heavy atom. The number of thiazole rings is 1. The molecule has 0 aliphatic carbocycles. The number of nitrogens with one attached hydrogen (secondary N) is 1. The minimum Gasteiger partial charge on any atom is -0.510 e. The van der Waals surface area contributed by atoms with Gasteiger partial charge in [-0.25, -0.2) is 4.98 Å². The van der Waals surface area contributed by atoms with Crippen LogP contribution in [-0.2, 0) is 6.54 Å². The van der Waals surface area contributed by atoms with Crippen LogP contribution in [0.3, 0.4) is 0 Å². The zero-order chi connectivity index (χ0) is 19.0. The van der Waals surface area contributed by atoms with E-state index in [0.29, 0.717) is 34.5 Å². The molecular weight excluding hydrogens is 378 g/mol. The van der Waals surface area contributed by atoms with E-state index in [9.17, 15) is 5.11 Å². The predicted octanol–water partition coefficient (Wildman–Crippen LogP) is 5.53. The highest BCUT2D eigenvalue weighted by Gasteiger charge is 2.30. The lowest BCUT2D eigenvalue weighted by atomic mass is 10.1. The molecule has 0 saturated heterocycles. The lowest BCUT2D eigenvalue weighted by Gasteiger charge is -2.18. The molecular formula is C21H18ClN3OS.